The van der Waals surface area contributed by atoms with Crippen molar-refractivity contribution in [3.8, 4) is 0 Å². The molecule has 4 nitrogen and oxygen atoms in total. The van der Waals surface area contributed by atoms with Crippen LogP contribution in [0, 0.1) is 0 Å². The standard InChI is InChI=1S/C11H18BrNO3/c1-7(2)13(8(3)4)10(14)6-9(12)11(15)16-5/h6-8H,1-5H3/b9-6+. The SMILES string of the molecule is COC(=O)/C(Br)=C\C(=O)N(C(C)C)C(C)C. The number of nitrogens with zero attached hydrogens (tertiary/aromatic N) is 1. The summed E-state index contributed by atoms with van der Waals surface area (Å²) in [6.45, 7) is 7.71. The van der Waals surface area contributed by atoms with Gasteiger partial charge in [0, 0.05) is 18.2 Å². The molecule has 5 heteroatoms. The molecule has 0 radical (unpaired) electrons. The van der Waals surface area contributed by atoms with E-state index in [2.05, 4.69) is 20.7 Å². The lowest BCUT2D eigenvalue weighted by atomic mass is 10.2. The van der Waals surface area contributed by atoms with Gasteiger partial charge in [0.2, 0.25) is 5.91 Å². The predicted molar refractivity (Wildman–Crippen MR) is 66.1 cm³/mol. The first-order valence-electron chi connectivity index (χ1n) is 5.09. The van der Waals surface area contributed by atoms with E-state index >= 15 is 0 Å². The van der Waals surface area contributed by atoms with E-state index in [1.807, 2.05) is 27.7 Å². The summed E-state index contributed by atoms with van der Waals surface area (Å²) >= 11 is 3.01. The zero-order valence-corrected chi connectivity index (χ0v) is 11.9. The van der Waals surface area contributed by atoms with Crippen molar-refractivity contribution in [2.24, 2.45) is 0 Å². The Morgan fingerprint density at radius 1 is 1.19 bits per heavy atom. The van der Waals surface area contributed by atoms with Crippen LogP contribution in [0.5, 0.6) is 0 Å². The van der Waals surface area contributed by atoms with Crippen molar-refractivity contribution in [2.45, 2.75) is 39.8 Å². The quantitative estimate of drug-likeness (QED) is 0.589. The van der Waals surface area contributed by atoms with Gasteiger partial charge < -0.3 is 9.64 Å². The molecule has 0 unspecified atom stereocenters. The van der Waals surface area contributed by atoms with E-state index in [1.54, 1.807) is 4.90 Å². The van der Waals surface area contributed by atoms with Gasteiger partial charge in [-0.3, -0.25) is 4.79 Å². The summed E-state index contributed by atoms with van der Waals surface area (Å²) < 4.78 is 4.62. The molecule has 0 aromatic rings. The highest BCUT2D eigenvalue weighted by Crippen LogP contribution is 2.11. The van der Waals surface area contributed by atoms with Gasteiger partial charge in [-0.2, -0.15) is 0 Å². The van der Waals surface area contributed by atoms with Crippen LogP contribution < -0.4 is 0 Å². The maximum absolute atomic E-state index is 11.9. The minimum atomic E-state index is -0.555. The number of carbonyl (C=O) groups is 2. The molecule has 0 saturated heterocycles. The monoisotopic (exact) mass is 291 g/mol. The van der Waals surface area contributed by atoms with Gasteiger partial charge in [-0.15, -0.1) is 0 Å². The molecule has 1 amide bonds. The van der Waals surface area contributed by atoms with Gasteiger partial charge in [0.25, 0.3) is 0 Å². The average molecular weight is 292 g/mol. The fourth-order valence-corrected chi connectivity index (χ4v) is 1.80. The number of halogens is 1. The molecule has 0 fully saturated rings. The van der Waals surface area contributed by atoms with Crippen molar-refractivity contribution in [1.82, 2.24) is 4.90 Å². The Hall–Kier alpha value is -0.840. The molecule has 92 valence electrons. The Morgan fingerprint density at radius 2 is 1.62 bits per heavy atom. The van der Waals surface area contributed by atoms with Gasteiger partial charge >= 0.3 is 5.97 Å². The lowest BCUT2D eigenvalue weighted by molar-refractivity contribution is -0.136. The maximum atomic E-state index is 11.9. The van der Waals surface area contributed by atoms with Crippen LogP contribution in [0.15, 0.2) is 10.6 Å². The Morgan fingerprint density at radius 3 is 1.94 bits per heavy atom. The van der Waals surface area contributed by atoms with E-state index in [9.17, 15) is 9.59 Å². The van der Waals surface area contributed by atoms with Crippen LogP contribution in [-0.4, -0.2) is 36.0 Å². The summed E-state index contributed by atoms with van der Waals surface area (Å²) in [5, 5.41) is 0. The van der Waals surface area contributed by atoms with Gasteiger partial charge in [0.05, 0.1) is 7.11 Å². The molecule has 0 aliphatic heterocycles. The van der Waals surface area contributed by atoms with Crippen molar-refractivity contribution in [3.05, 3.63) is 10.6 Å². The first-order valence-corrected chi connectivity index (χ1v) is 5.88. The van der Waals surface area contributed by atoms with Crippen molar-refractivity contribution in [2.75, 3.05) is 7.11 Å². The number of carbonyl (C=O) groups excluding carboxylic acids is 2. The zero-order chi connectivity index (χ0) is 12.9. The predicted octanol–water partition coefficient (Wildman–Crippen LogP) is 2.08. The fraction of sp³-hybridized carbons (Fsp3) is 0.636. The highest BCUT2D eigenvalue weighted by Gasteiger charge is 2.19. The third-order valence-corrected chi connectivity index (χ3v) is 2.55. The second-order valence-corrected chi connectivity index (χ2v) is 4.77. The van der Waals surface area contributed by atoms with Crippen LogP contribution in [0.4, 0.5) is 0 Å². The Kier molecular flexibility index (Phi) is 6.33. The molecule has 0 aromatic heterocycles. The highest BCUT2D eigenvalue weighted by atomic mass is 79.9. The molecular formula is C11H18BrNO3. The summed E-state index contributed by atoms with van der Waals surface area (Å²) in [7, 11) is 1.27. The van der Waals surface area contributed by atoms with E-state index in [-0.39, 0.29) is 22.5 Å². The lowest BCUT2D eigenvalue weighted by Gasteiger charge is -2.29. The molecule has 0 rings (SSSR count). The van der Waals surface area contributed by atoms with Gasteiger partial charge in [0.15, 0.2) is 0 Å². The molecule has 0 saturated carbocycles. The Bertz CT molecular complexity index is 290. The van der Waals surface area contributed by atoms with Crippen molar-refractivity contribution < 1.29 is 14.3 Å². The number of methoxy groups -OCH3 is 1. The van der Waals surface area contributed by atoms with Crippen LogP contribution in [0.1, 0.15) is 27.7 Å². The number of amides is 1. The number of hydrogen-bond donors (Lipinski definition) is 0. The van der Waals surface area contributed by atoms with E-state index in [4.69, 9.17) is 0 Å². The molecule has 0 N–H and O–H groups in total. The van der Waals surface area contributed by atoms with E-state index < -0.39 is 5.97 Å². The van der Waals surface area contributed by atoms with Crippen LogP contribution >= 0.6 is 15.9 Å². The van der Waals surface area contributed by atoms with Gasteiger partial charge in [0.1, 0.15) is 4.48 Å². The molecular weight excluding hydrogens is 274 g/mol. The summed E-state index contributed by atoms with van der Waals surface area (Å²) in [5.74, 6) is -0.761. The number of rotatable bonds is 4. The molecule has 0 aromatic carbocycles. The van der Waals surface area contributed by atoms with E-state index in [0.29, 0.717) is 0 Å². The molecule has 0 bridgehead atoms. The average Bonchev–Trinajstić information content (AvgIpc) is 2.14. The lowest BCUT2D eigenvalue weighted by Crippen LogP contribution is -2.41. The normalized spacial score (nSPS) is 11.9. The third-order valence-electron chi connectivity index (χ3n) is 2.00. The summed E-state index contributed by atoms with van der Waals surface area (Å²) in [4.78, 5) is 24.7. The smallest absolute Gasteiger partial charge is 0.345 e. The molecule has 0 heterocycles. The van der Waals surface area contributed by atoms with Crippen molar-refractivity contribution >= 4 is 27.8 Å². The van der Waals surface area contributed by atoms with Crippen molar-refractivity contribution in [1.29, 1.82) is 0 Å². The fourth-order valence-electron chi connectivity index (χ4n) is 1.44. The number of hydrogen-bond acceptors (Lipinski definition) is 3. The molecule has 16 heavy (non-hydrogen) atoms. The Labute approximate surface area is 105 Å². The van der Waals surface area contributed by atoms with Crippen molar-refractivity contribution in [3.63, 3.8) is 0 Å². The second-order valence-electron chi connectivity index (χ2n) is 3.92. The van der Waals surface area contributed by atoms with Crippen LogP contribution in [0.2, 0.25) is 0 Å². The first-order chi connectivity index (χ1) is 7.31. The molecule has 0 atom stereocenters. The molecule has 0 aliphatic rings. The highest BCUT2D eigenvalue weighted by molar-refractivity contribution is 9.12. The van der Waals surface area contributed by atoms with Gasteiger partial charge in [-0.05, 0) is 43.6 Å². The van der Waals surface area contributed by atoms with Crippen LogP contribution in [-0.2, 0) is 14.3 Å². The minimum absolute atomic E-state index is 0.0849. The summed E-state index contributed by atoms with van der Waals surface area (Å²) in [6.07, 6.45) is 1.24. The maximum Gasteiger partial charge on any atom is 0.345 e. The third kappa shape index (κ3) is 4.35. The van der Waals surface area contributed by atoms with Gasteiger partial charge in [-0.25, -0.2) is 4.79 Å². The summed E-state index contributed by atoms with van der Waals surface area (Å²) in [6, 6.07) is 0.170. The number of esters is 1. The zero-order valence-electron chi connectivity index (χ0n) is 10.3. The van der Waals surface area contributed by atoms with Crippen LogP contribution in [0.3, 0.4) is 0 Å². The minimum Gasteiger partial charge on any atom is -0.465 e. The largest absolute Gasteiger partial charge is 0.465 e. The van der Waals surface area contributed by atoms with E-state index in [0.717, 1.165) is 0 Å². The topological polar surface area (TPSA) is 46.6 Å². The van der Waals surface area contributed by atoms with E-state index in [1.165, 1.54) is 13.2 Å². The second kappa shape index (κ2) is 6.68. The molecule has 0 aliphatic carbocycles. The Balaban J connectivity index is 4.84. The first kappa shape index (κ1) is 15.2. The number of ether oxygens (including phenoxy) is 1. The van der Waals surface area contributed by atoms with Gasteiger partial charge in [-0.1, -0.05) is 0 Å². The summed E-state index contributed by atoms with van der Waals surface area (Å²) in [5.41, 5.74) is 0. The molecule has 0 spiro atoms. The van der Waals surface area contributed by atoms with Crippen LogP contribution in [0.25, 0.3) is 0 Å².